The van der Waals surface area contributed by atoms with Crippen LogP contribution in [0.4, 0.5) is 15.3 Å². The minimum Gasteiger partial charge on any atom is -0.444 e. The van der Waals surface area contributed by atoms with Gasteiger partial charge in [-0.15, -0.1) is 0 Å². The maximum Gasteiger partial charge on any atom is 0.417 e. The zero-order chi connectivity index (χ0) is 22.5. The van der Waals surface area contributed by atoms with E-state index in [1.54, 1.807) is 70.3 Å². The number of carbonyl (C=O) groups is 2. The van der Waals surface area contributed by atoms with Crippen LogP contribution in [0.25, 0.3) is 0 Å². The first-order valence-corrected chi connectivity index (χ1v) is 11.4. The van der Waals surface area contributed by atoms with E-state index in [4.69, 9.17) is 9.47 Å². The van der Waals surface area contributed by atoms with Gasteiger partial charge < -0.3 is 14.4 Å². The van der Waals surface area contributed by atoms with Gasteiger partial charge in [-0.3, -0.25) is 9.53 Å². The first kappa shape index (κ1) is 23.3. The minimum absolute atomic E-state index is 0.133. The molecular weight excluding hydrogens is 404 g/mol. The van der Waals surface area contributed by atoms with Crippen molar-refractivity contribution in [1.29, 1.82) is 0 Å². The Kier molecular flexibility index (Phi) is 7.15. The molecule has 0 aromatic heterocycles. The largest absolute Gasteiger partial charge is 0.444 e. The van der Waals surface area contributed by atoms with Gasteiger partial charge in [0.15, 0.2) is 0 Å². The van der Waals surface area contributed by atoms with Gasteiger partial charge in [0.2, 0.25) is 0 Å². The van der Waals surface area contributed by atoms with Crippen LogP contribution in [0.2, 0.25) is 0 Å². The number of ether oxygens (including phenoxy) is 2. The highest BCUT2D eigenvalue weighted by Gasteiger charge is 2.21. The van der Waals surface area contributed by atoms with Gasteiger partial charge in [0, 0.05) is 30.4 Å². The van der Waals surface area contributed by atoms with Crippen LogP contribution < -0.4 is 10.1 Å². The van der Waals surface area contributed by atoms with Crippen molar-refractivity contribution in [3.8, 4) is 5.75 Å². The first-order valence-electron chi connectivity index (χ1n) is 9.28. The Balaban J connectivity index is 2.22. The van der Waals surface area contributed by atoms with Gasteiger partial charge in [-0.05, 0) is 72.1 Å². The number of benzene rings is 2. The van der Waals surface area contributed by atoms with E-state index in [9.17, 15) is 13.8 Å². The first-order chi connectivity index (χ1) is 13.8. The molecular formula is C22H28N2O5S. The minimum atomic E-state index is -2.56. The van der Waals surface area contributed by atoms with Crippen molar-refractivity contribution >= 4 is 33.3 Å². The summed E-state index contributed by atoms with van der Waals surface area (Å²) in [5, 5.41) is 2.64. The molecule has 30 heavy (non-hydrogen) atoms. The summed E-state index contributed by atoms with van der Waals surface area (Å²) in [4.78, 5) is 26.4. The Morgan fingerprint density at radius 3 is 2.33 bits per heavy atom. The van der Waals surface area contributed by atoms with Gasteiger partial charge >= 0.3 is 12.2 Å². The van der Waals surface area contributed by atoms with Gasteiger partial charge in [0.05, 0.1) is 0 Å². The Bertz CT molecular complexity index is 1010. The fourth-order valence-electron chi connectivity index (χ4n) is 2.60. The molecule has 0 bridgehead atoms. The van der Waals surface area contributed by atoms with Crippen LogP contribution in [0.3, 0.4) is 0 Å². The van der Waals surface area contributed by atoms with Crippen molar-refractivity contribution in [3.63, 3.8) is 0 Å². The molecule has 8 heteroatoms. The van der Waals surface area contributed by atoms with Crippen molar-refractivity contribution in [2.75, 3.05) is 18.6 Å². The summed E-state index contributed by atoms with van der Waals surface area (Å²) in [5.74, 6) is 4.15. The Morgan fingerprint density at radius 2 is 1.77 bits per heavy atom. The second-order valence-corrected chi connectivity index (χ2v) is 10.4. The van der Waals surface area contributed by atoms with Gasteiger partial charge in [-0.25, -0.2) is 9.59 Å². The molecule has 2 aromatic carbocycles. The second-order valence-electron chi connectivity index (χ2n) is 7.99. The average molecular weight is 433 g/mol. The lowest BCUT2D eigenvalue weighted by Gasteiger charge is -2.25. The van der Waals surface area contributed by atoms with E-state index < -0.39 is 27.3 Å². The zero-order valence-electron chi connectivity index (χ0n) is 17.9. The quantitative estimate of drug-likeness (QED) is 0.709. The summed E-state index contributed by atoms with van der Waals surface area (Å²) in [6.07, 6.45) is 0.352. The summed E-state index contributed by atoms with van der Waals surface area (Å²) in [5.41, 5.74) is 0.392. The molecule has 0 aliphatic heterocycles. The maximum atomic E-state index is 12.6. The number of hydrogen-bond acceptors (Lipinski definition) is 5. The molecule has 1 atom stereocenters. The van der Waals surface area contributed by atoms with Crippen molar-refractivity contribution < 1.29 is 23.3 Å². The normalized spacial score (nSPS) is 13.1. The van der Waals surface area contributed by atoms with Gasteiger partial charge in [-0.2, -0.15) is 0 Å². The predicted octanol–water partition coefficient (Wildman–Crippen LogP) is 4.37. The van der Waals surface area contributed by atoms with E-state index >= 15 is 0 Å². The summed E-state index contributed by atoms with van der Waals surface area (Å²) < 4.78 is 23.2. The third kappa shape index (κ3) is 7.11. The molecule has 0 aliphatic carbocycles. The molecule has 0 spiro atoms. The average Bonchev–Trinajstić information content (AvgIpc) is 2.60. The monoisotopic (exact) mass is 432 g/mol. The molecule has 0 radical (unpaired) electrons. The van der Waals surface area contributed by atoms with E-state index in [1.807, 2.05) is 6.07 Å². The smallest absolute Gasteiger partial charge is 0.417 e. The Hall–Kier alpha value is -3.00. The Morgan fingerprint density at radius 1 is 1.13 bits per heavy atom. The van der Waals surface area contributed by atoms with E-state index in [2.05, 4.69) is 11.2 Å². The molecule has 0 fully saturated rings. The number of rotatable bonds is 5. The van der Waals surface area contributed by atoms with E-state index in [0.717, 1.165) is 0 Å². The van der Waals surface area contributed by atoms with Crippen molar-refractivity contribution in [2.45, 2.75) is 37.8 Å². The lowest BCUT2D eigenvalue weighted by atomic mass is 10.2. The van der Waals surface area contributed by atoms with Crippen LogP contribution in [-0.2, 0) is 20.8 Å². The number of hydrogen-bond donors (Lipinski definition) is 1. The van der Waals surface area contributed by atoms with Crippen LogP contribution in [0, 0.1) is 0 Å². The third-order valence-electron chi connectivity index (χ3n) is 3.84. The number of para-hydroxylation sites is 1. The van der Waals surface area contributed by atoms with E-state index in [0.29, 0.717) is 21.9 Å². The molecule has 2 amide bonds. The fourth-order valence-corrected chi connectivity index (χ4v) is 3.63. The predicted molar refractivity (Wildman–Crippen MR) is 120 cm³/mol. The molecule has 0 saturated heterocycles. The molecule has 1 N–H and O–H groups in total. The lowest BCUT2D eigenvalue weighted by molar-refractivity contribution is 0.0284. The molecule has 0 heterocycles. The molecule has 2 aromatic rings. The maximum absolute atomic E-state index is 12.6. The number of amides is 2. The fraction of sp³-hybridized carbons (Fsp3) is 0.318. The summed E-state index contributed by atoms with van der Waals surface area (Å²) in [6, 6.07) is 13.6. The number of nitrogens with one attached hydrogen (secondary N) is 1. The van der Waals surface area contributed by atoms with Crippen LogP contribution in [0.15, 0.2) is 53.4 Å². The summed E-state index contributed by atoms with van der Waals surface area (Å²) in [7, 11) is -0.971. The van der Waals surface area contributed by atoms with Crippen LogP contribution in [0.5, 0.6) is 5.75 Å². The molecule has 1 unspecified atom stereocenters. The van der Waals surface area contributed by atoms with Gasteiger partial charge in [0.1, 0.15) is 11.4 Å². The highest BCUT2D eigenvalue weighted by molar-refractivity contribution is 7.99. The lowest BCUT2D eigenvalue weighted by Crippen LogP contribution is -2.34. The van der Waals surface area contributed by atoms with Gasteiger partial charge in [0.25, 0.3) is 0 Å². The van der Waals surface area contributed by atoms with Crippen LogP contribution in [0.1, 0.15) is 26.3 Å². The molecule has 0 saturated carbocycles. The Labute approximate surface area is 178 Å². The van der Waals surface area contributed by atoms with Crippen LogP contribution in [-0.4, -0.2) is 46.1 Å². The van der Waals surface area contributed by atoms with Crippen molar-refractivity contribution in [1.82, 2.24) is 4.90 Å². The zero-order valence-corrected chi connectivity index (χ0v) is 18.7. The van der Waals surface area contributed by atoms with Crippen molar-refractivity contribution in [2.24, 2.45) is 0 Å². The number of carbonyl (C=O) groups excluding carboxylic acids is 2. The molecule has 2 rings (SSSR count). The summed E-state index contributed by atoms with van der Waals surface area (Å²) in [6.45, 7) is 5.47. The highest BCUT2D eigenvalue weighted by Crippen LogP contribution is 2.23. The molecule has 7 nitrogen and oxygen atoms in total. The van der Waals surface area contributed by atoms with E-state index in [1.165, 1.54) is 11.2 Å². The number of nitrogens with zero attached hydrogens (tertiary/aromatic N) is 1. The topological polar surface area (TPSA) is 84.9 Å². The highest BCUT2D eigenvalue weighted by atomic mass is 32.2. The van der Waals surface area contributed by atoms with Gasteiger partial charge in [-0.1, -0.05) is 18.2 Å². The third-order valence-corrected chi connectivity index (χ3v) is 5.17. The van der Waals surface area contributed by atoms with E-state index in [-0.39, 0.29) is 6.54 Å². The summed E-state index contributed by atoms with van der Waals surface area (Å²) >= 11 is 0. The number of anilines is 1. The van der Waals surface area contributed by atoms with Crippen LogP contribution >= 0.6 is 0 Å². The second kappa shape index (κ2) is 9.21. The SMILES string of the molecule is C=S(C)(=O)c1ccc(NC(=O)Oc2ccccc2)cc1CN(C)C(=O)OC(C)(C)C. The van der Waals surface area contributed by atoms with Crippen molar-refractivity contribution in [3.05, 3.63) is 54.1 Å². The molecule has 0 aliphatic rings. The molecule has 162 valence electrons. The standard InChI is InChI=1S/C22H28N2O5S/c1-22(2,3)29-21(26)24(4)15-16-14-17(12-13-19(16)30(5,6)27)23-20(25)28-18-10-8-7-9-11-18/h7-14H,5,15H2,1-4,6H3,(H,23,25).